The maximum absolute atomic E-state index is 10.7. The van der Waals surface area contributed by atoms with Crippen LogP contribution in [-0.4, -0.2) is 32.5 Å². The third-order valence-electron chi connectivity index (χ3n) is 1.79. The normalized spacial score (nSPS) is 10.9. The Morgan fingerprint density at radius 1 is 1.20 bits per heavy atom. The Morgan fingerprint density at radius 3 is 1.60 bits per heavy atom. The van der Waals surface area contributed by atoms with Crippen molar-refractivity contribution < 1.29 is 17.9 Å². The highest BCUT2D eigenvalue weighted by molar-refractivity contribution is 7.91. The predicted molar refractivity (Wildman–Crippen MR) is 61.5 cm³/mol. The highest BCUT2D eigenvalue weighted by Gasteiger charge is 2.11. The van der Waals surface area contributed by atoms with Gasteiger partial charge in [-0.05, 0) is 13.8 Å². The van der Waals surface area contributed by atoms with Crippen LogP contribution in [0.15, 0.2) is 0 Å². The molecule has 0 heterocycles. The number of rotatable bonds is 3. The molecule has 0 aromatic rings. The summed E-state index contributed by atoms with van der Waals surface area (Å²) in [4.78, 5) is 10.3. The molecule has 5 heteroatoms. The van der Waals surface area contributed by atoms with Gasteiger partial charge in [0.15, 0.2) is 9.84 Å². The van der Waals surface area contributed by atoms with E-state index in [1.165, 1.54) is 7.11 Å². The maximum Gasteiger partial charge on any atom is 0.308 e. The molecule has 0 aliphatic heterocycles. The Hall–Kier alpha value is -0.580. The highest BCUT2D eigenvalue weighted by Crippen LogP contribution is 1.98. The van der Waals surface area contributed by atoms with E-state index in [0.29, 0.717) is 0 Å². The minimum Gasteiger partial charge on any atom is -0.469 e. The third-order valence-corrected chi connectivity index (χ3v) is 4.03. The Bertz CT molecular complexity index is 265. The topological polar surface area (TPSA) is 60.4 Å². The van der Waals surface area contributed by atoms with Crippen LogP contribution in [0.25, 0.3) is 0 Å². The molecule has 0 unspecified atom stereocenters. The molecule has 15 heavy (non-hydrogen) atoms. The molecular weight excluding hydrogens is 216 g/mol. The summed E-state index contributed by atoms with van der Waals surface area (Å²) < 4.78 is 25.8. The van der Waals surface area contributed by atoms with Crippen molar-refractivity contribution in [1.29, 1.82) is 0 Å². The average molecular weight is 238 g/mol. The van der Waals surface area contributed by atoms with Crippen LogP contribution >= 0.6 is 0 Å². The zero-order valence-corrected chi connectivity index (χ0v) is 11.2. The lowest BCUT2D eigenvalue weighted by Crippen LogP contribution is -2.15. The molecular formula is C10H22O4S. The molecule has 0 N–H and O–H groups in total. The smallest absolute Gasteiger partial charge is 0.308 e. The Balaban J connectivity index is 0. The van der Waals surface area contributed by atoms with Gasteiger partial charge in [-0.2, -0.15) is 0 Å². The molecule has 0 aromatic heterocycles. The van der Waals surface area contributed by atoms with Crippen molar-refractivity contribution in [2.45, 2.75) is 39.9 Å². The van der Waals surface area contributed by atoms with Crippen molar-refractivity contribution in [3.8, 4) is 0 Å². The molecule has 0 fully saturated rings. The van der Waals surface area contributed by atoms with Gasteiger partial charge in [0, 0.05) is 5.75 Å². The summed E-state index contributed by atoms with van der Waals surface area (Å²) in [6.07, 6.45) is 0. The van der Waals surface area contributed by atoms with E-state index >= 15 is 0 Å². The van der Waals surface area contributed by atoms with Gasteiger partial charge in [0.1, 0.15) is 0 Å². The summed E-state index contributed by atoms with van der Waals surface area (Å²) >= 11 is 0. The number of carbonyl (C=O) groups excluding carboxylic acids is 1. The summed E-state index contributed by atoms with van der Waals surface area (Å²) in [6, 6.07) is 0. The number of hydrogen-bond donors (Lipinski definition) is 0. The van der Waals surface area contributed by atoms with E-state index in [1.54, 1.807) is 34.6 Å². The van der Waals surface area contributed by atoms with Gasteiger partial charge >= 0.3 is 5.97 Å². The minimum atomic E-state index is -2.74. The van der Waals surface area contributed by atoms with Crippen LogP contribution in [0, 0.1) is 5.92 Å². The Kier molecular flexibility index (Phi) is 8.62. The van der Waals surface area contributed by atoms with Crippen molar-refractivity contribution in [2.75, 3.05) is 12.9 Å². The fraction of sp³-hybridized carbons (Fsp3) is 0.900. The number of hydrogen-bond acceptors (Lipinski definition) is 4. The minimum absolute atomic E-state index is 0.00463. The molecule has 0 bridgehead atoms. The molecule has 0 saturated heterocycles. The fourth-order valence-corrected chi connectivity index (χ4v) is 1.24. The van der Waals surface area contributed by atoms with Crippen LogP contribution < -0.4 is 0 Å². The lowest BCUT2D eigenvalue weighted by atomic mass is 10.2. The largest absolute Gasteiger partial charge is 0.469 e. The molecule has 0 rings (SSSR count). The number of methoxy groups -OCH3 is 1. The monoisotopic (exact) mass is 238 g/mol. The second-order valence-electron chi connectivity index (χ2n) is 3.68. The lowest BCUT2D eigenvalue weighted by Gasteiger charge is -2.01. The molecule has 0 aliphatic carbocycles. The number of carbonyl (C=O) groups is 1. The first-order valence-electron chi connectivity index (χ1n) is 4.98. The first kappa shape index (κ1) is 16.8. The zero-order valence-electron chi connectivity index (χ0n) is 10.4. The van der Waals surface area contributed by atoms with Crippen LogP contribution in [0.3, 0.4) is 0 Å². The van der Waals surface area contributed by atoms with Gasteiger partial charge in [0.2, 0.25) is 0 Å². The maximum atomic E-state index is 10.7. The van der Waals surface area contributed by atoms with E-state index in [1.807, 2.05) is 0 Å². The van der Waals surface area contributed by atoms with E-state index in [2.05, 4.69) is 4.74 Å². The molecule has 4 nitrogen and oxygen atoms in total. The Morgan fingerprint density at radius 2 is 1.60 bits per heavy atom. The van der Waals surface area contributed by atoms with E-state index in [4.69, 9.17) is 0 Å². The van der Waals surface area contributed by atoms with Crippen LogP contribution in [0.4, 0.5) is 0 Å². The quantitative estimate of drug-likeness (QED) is 0.701. The summed E-state index contributed by atoms with van der Waals surface area (Å²) in [5.41, 5.74) is 0. The molecule has 92 valence electrons. The van der Waals surface area contributed by atoms with Gasteiger partial charge in [-0.1, -0.05) is 20.8 Å². The standard InChI is InChI=1S/C5H12O2S.C5H10O2/c1-4-8(6,7)5(2)3;1-4(2)5(6)7-3/h5H,4H2,1-3H3;4H,1-3H3. The van der Waals surface area contributed by atoms with Gasteiger partial charge < -0.3 is 4.74 Å². The zero-order chi connectivity index (χ0) is 12.6. The van der Waals surface area contributed by atoms with Gasteiger partial charge in [0.25, 0.3) is 0 Å². The molecule has 0 atom stereocenters. The van der Waals surface area contributed by atoms with Crippen molar-refractivity contribution in [1.82, 2.24) is 0 Å². The van der Waals surface area contributed by atoms with Gasteiger partial charge in [-0.3, -0.25) is 4.79 Å². The summed E-state index contributed by atoms with van der Waals surface area (Å²) in [6.45, 7) is 8.64. The van der Waals surface area contributed by atoms with Gasteiger partial charge in [-0.25, -0.2) is 8.42 Å². The number of sulfone groups is 1. The van der Waals surface area contributed by atoms with Gasteiger partial charge in [-0.15, -0.1) is 0 Å². The summed E-state index contributed by atoms with van der Waals surface area (Å²) in [7, 11) is -1.34. The lowest BCUT2D eigenvalue weighted by molar-refractivity contribution is -0.144. The molecule has 0 amide bonds. The van der Waals surface area contributed by atoms with Crippen LogP contribution in [0.1, 0.15) is 34.6 Å². The Labute approximate surface area is 92.9 Å². The molecule has 0 spiro atoms. The van der Waals surface area contributed by atoms with Crippen LogP contribution in [0.5, 0.6) is 0 Å². The highest BCUT2D eigenvalue weighted by atomic mass is 32.2. The van der Waals surface area contributed by atoms with Crippen molar-refractivity contribution in [3.05, 3.63) is 0 Å². The first-order valence-corrected chi connectivity index (χ1v) is 6.69. The summed E-state index contributed by atoms with van der Waals surface area (Å²) in [5.74, 6) is 0.106. The van der Waals surface area contributed by atoms with Gasteiger partial charge in [0.05, 0.1) is 18.3 Å². The predicted octanol–water partition coefficient (Wildman–Crippen LogP) is 1.64. The second kappa shape index (κ2) is 7.68. The second-order valence-corrected chi connectivity index (χ2v) is 6.52. The van der Waals surface area contributed by atoms with E-state index < -0.39 is 9.84 Å². The SMILES string of the molecule is CCS(=O)(=O)C(C)C.COC(=O)C(C)C. The molecule has 0 aliphatic rings. The van der Waals surface area contributed by atoms with E-state index in [9.17, 15) is 13.2 Å². The molecule has 0 radical (unpaired) electrons. The van der Waals surface area contributed by atoms with Crippen LogP contribution in [0.2, 0.25) is 0 Å². The third kappa shape index (κ3) is 8.42. The molecule has 0 saturated carbocycles. The van der Waals surface area contributed by atoms with Crippen molar-refractivity contribution in [3.63, 3.8) is 0 Å². The first-order chi connectivity index (χ1) is 6.68. The van der Waals surface area contributed by atoms with E-state index in [-0.39, 0.29) is 22.9 Å². The number of ether oxygens (including phenoxy) is 1. The van der Waals surface area contributed by atoms with E-state index in [0.717, 1.165) is 0 Å². The van der Waals surface area contributed by atoms with Crippen molar-refractivity contribution in [2.24, 2.45) is 5.92 Å². The van der Waals surface area contributed by atoms with Crippen LogP contribution in [-0.2, 0) is 19.4 Å². The average Bonchev–Trinajstić information content (AvgIpc) is 2.17. The summed E-state index contributed by atoms with van der Waals surface area (Å²) in [5, 5.41) is -0.215. The molecule has 0 aromatic carbocycles. The van der Waals surface area contributed by atoms with Crippen molar-refractivity contribution >= 4 is 15.8 Å². The number of esters is 1. The fourth-order valence-electron chi connectivity index (χ4n) is 0.569.